The molecule has 2 amide bonds. The summed E-state index contributed by atoms with van der Waals surface area (Å²) in [5, 5.41) is 14.7. The van der Waals surface area contributed by atoms with Gasteiger partial charge in [-0.05, 0) is 38.1 Å². The van der Waals surface area contributed by atoms with Crippen molar-refractivity contribution in [3.8, 4) is 5.75 Å². The Morgan fingerprint density at radius 2 is 1.26 bits per heavy atom. The lowest BCUT2D eigenvalue weighted by atomic mass is 9.97. The first-order valence-corrected chi connectivity index (χ1v) is 11.9. The van der Waals surface area contributed by atoms with Crippen LogP contribution in [0.1, 0.15) is 37.0 Å². The van der Waals surface area contributed by atoms with Gasteiger partial charge in [-0.2, -0.15) is 0 Å². The minimum Gasteiger partial charge on any atom is -0.490 e. The summed E-state index contributed by atoms with van der Waals surface area (Å²) in [5.41, 5.74) is -1.15. The van der Waals surface area contributed by atoms with Crippen molar-refractivity contribution >= 4 is 29.5 Å². The van der Waals surface area contributed by atoms with Crippen LogP contribution in [0.3, 0.4) is 0 Å². The predicted octanol–water partition coefficient (Wildman–Crippen LogP) is -0.219. The molecule has 0 bridgehead atoms. The molecule has 1 aromatic rings. The van der Waals surface area contributed by atoms with Gasteiger partial charge in [0, 0.05) is 25.8 Å². The summed E-state index contributed by atoms with van der Waals surface area (Å²) in [5.74, 6) is -2.60. The van der Waals surface area contributed by atoms with Crippen molar-refractivity contribution in [1.29, 1.82) is 0 Å². The number of carbonyl (C=O) groups is 5. The zero-order valence-electron chi connectivity index (χ0n) is 21.9. The monoisotopic (exact) mass is 540 g/mol. The number of benzene rings is 1. The molecule has 0 aliphatic heterocycles. The lowest BCUT2D eigenvalue weighted by molar-refractivity contribution is -0.149. The number of ether oxygens (including phenoxy) is 5. The maximum absolute atomic E-state index is 12.0. The maximum atomic E-state index is 12.0. The quantitative estimate of drug-likeness (QED) is 0.0915. The van der Waals surface area contributed by atoms with Gasteiger partial charge in [0.2, 0.25) is 11.8 Å². The van der Waals surface area contributed by atoms with E-state index in [0.29, 0.717) is 24.5 Å². The number of amides is 2. The third-order valence-corrected chi connectivity index (χ3v) is 4.59. The normalized spacial score (nSPS) is 10.8. The summed E-state index contributed by atoms with van der Waals surface area (Å²) in [4.78, 5) is 58.8. The first-order chi connectivity index (χ1) is 18.0. The minimum atomic E-state index is -1.48. The Morgan fingerprint density at radius 3 is 1.76 bits per heavy atom. The topological polar surface area (TPSA) is 176 Å². The van der Waals surface area contributed by atoms with E-state index in [1.807, 2.05) is 0 Å². The number of hydrogen-bond donors (Lipinski definition) is 3. The van der Waals surface area contributed by atoms with E-state index in [2.05, 4.69) is 10.6 Å². The van der Waals surface area contributed by atoms with E-state index in [9.17, 15) is 29.1 Å². The second kappa shape index (κ2) is 17.8. The zero-order valence-corrected chi connectivity index (χ0v) is 21.9. The number of aliphatic hydroxyl groups is 1. The lowest BCUT2D eigenvalue weighted by Crippen LogP contribution is -2.36. The van der Waals surface area contributed by atoms with Gasteiger partial charge in [-0.3, -0.25) is 24.0 Å². The van der Waals surface area contributed by atoms with Crippen LogP contribution < -0.4 is 15.4 Å². The van der Waals surface area contributed by atoms with Crippen LogP contribution in [-0.2, 0) is 38.1 Å². The highest BCUT2D eigenvalue weighted by Gasteiger charge is 2.25. The SMILES string of the molecule is COCCOCCOC(=O)CC(=O)NCCNC(=O)CC(=O)OCCOc1ccc(C(=O)C(C)(C)O)cc1. The number of ketones is 1. The van der Waals surface area contributed by atoms with Gasteiger partial charge in [-0.25, -0.2) is 0 Å². The number of hydrogen-bond acceptors (Lipinski definition) is 11. The van der Waals surface area contributed by atoms with Crippen LogP contribution in [-0.4, -0.2) is 100 Å². The van der Waals surface area contributed by atoms with Crippen molar-refractivity contribution in [1.82, 2.24) is 10.6 Å². The van der Waals surface area contributed by atoms with Crippen LogP contribution in [0.2, 0.25) is 0 Å². The molecule has 3 N–H and O–H groups in total. The van der Waals surface area contributed by atoms with Gasteiger partial charge in [0.05, 0.1) is 19.8 Å². The molecular formula is C25H36N2O11. The average Bonchev–Trinajstić information content (AvgIpc) is 2.86. The molecule has 212 valence electrons. The van der Waals surface area contributed by atoms with Crippen molar-refractivity contribution in [2.75, 3.05) is 59.8 Å². The fraction of sp³-hybridized carbons (Fsp3) is 0.560. The first kappa shape index (κ1) is 32.5. The Hall–Kier alpha value is -3.55. The van der Waals surface area contributed by atoms with E-state index in [4.69, 9.17) is 23.7 Å². The van der Waals surface area contributed by atoms with Crippen LogP contribution >= 0.6 is 0 Å². The summed E-state index contributed by atoms with van der Waals surface area (Å²) in [6, 6.07) is 6.14. The summed E-state index contributed by atoms with van der Waals surface area (Å²) in [7, 11) is 1.54. The van der Waals surface area contributed by atoms with Crippen molar-refractivity contribution < 1.29 is 52.8 Å². The predicted molar refractivity (Wildman–Crippen MR) is 132 cm³/mol. The Bertz CT molecular complexity index is 911. The number of esters is 2. The van der Waals surface area contributed by atoms with E-state index in [0.717, 1.165) is 0 Å². The number of carbonyl (C=O) groups excluding carboxylic acids is 5. The van der Waals surface area contributed by atoms with Gasteiger partial charge < -0.3 is 39.4 Å². The molecule has 0 spiro atoms. The maximum Gasteiger partial charge on any atom is 0.315 e. The second-order valence-electron chi connectivity index (χ2n) is 8.36. The minimum absolute atomic E-state index is 0.0212. The molecule has 0 unspecified atom stereocenters. The van der Waals surface area contributed by atoms with E-state index >= 15 is 0 Å². The molecule has 13 heteroatoms. The third-order valence-electron chi connectivity index (χ3n) is 4.59. The molecule has 13 nitrogen and oxygen atoms in total. The van der Waals surface area contributed by atoms with Gasteiger partial charge in [0.25, 0.3) is 0 Å². The zero-order chi connectivity index (χ0) is 28.4. The Labute approximate surface area is 221 Å². The standard InChI is InChI=1S/C25H36N2O11/c1-25(2,33)24(32)18-4-6-19(7-5-18)36-14-15-38-23(31)17-21(29)27-9-8-26-20(28)16-22(30)37-13-12-35-11-10-34-3/h4-7,33H,8-17H2,1-3H3,(H,26,28)(H,27,29). The molecule has 0 saturated heterocycles. The average molecular weight is 541 g/mol. The van der Waals surface area contributed by atoms with Crippen LogP contribution in [0.15, 0.2) is 24.3 Å². The molecule has 1 aromatic carbocycles. The fourth-order valence-electron chi connectivity index (χ4n) is 2.72. The van der Waals surface area contributed by atoms with Crippen LogP contribution in [0.4, 0.5) is 0 Å². The summed E-state index contributed by atoms with van der Waals surface area (Å²) < 4.78 is 25.1. The highest BCUT2D eigenvalue weighted by atomic mass is 16.6. The number of nitrogens with one attached hydrogen (secondary N) is 2. The molecule has 38 heavy (non-hydrogen) atoms. The van der Waals surface area contributed by atoms with Gasteiger partial charge in [0.1, 0.15) is 44.0 Å². The highest BCUT2D eigenvalue weighted by molar-refractivity contribution is 6.01. The molecule has 0 aliphatic carbocycles. The Kier molecular flexibility index (Phi) is 15.2. The van der Waals surface area contributed by atoms with Gasteiger partial charge >= 0.3 is 11.9 Å². The number of methoxy groups -OCH3 is 1. The van der Waals surface area contributed by atoms with Crippen LogP contribution in [0, 0.1) is 0 Å². The molecule has 0 fully saturated rings. The van der Waals surface area contributed by atoms with Crippen LogP contribution in [0.25, 0.3) is 0 Å². The third kappa shape index (κ3) is 14.9. The molecule has 0 aliphatic rings. The fourth-order valence-corrected chi connectivity index (χ4v) is 2.72. The summed E-state index contributed by atoms with van der Waals surface area (Å²) >= 11 is 0. The van der Waals surface area contributed by atoms with Crippen molar-refractivity contribution in [2.45, 2.75) is 32.3 Å². The second-order valence-corrected chi connectivity index (χ2v) is 8.36. The molecule has 0 aromatic heterocycles. The number of Topliss-reactive ketones (excluding diaryl/α,β-unsaturated/α-hetero) is 1. The first-order valence-electron chi connectivity index (χ1n) is 11.9. The Balaban J connectivity index is 2.10. The van der Waals surface area contributed by atoms with Crippen molar-refractivity contribution in [3.63, 3.8) is 0 Å². The Morgan fingerprint density at radius 1 is 0.763 bits per heavy atom. The lowest BCUT2D eigenvalue weighted by Gasteiger charge is -2.15. The molecule has 0 heterocycles. The van der Waals surface area contributed by atoms with Gasteiger partial charge in [0.15, 0.2) is 5.78 Å². The van der Waals surface area contributed by atoms with E-state index in [1.54, 1.807) is 12.1 Å². The van der Waals surface area contributed by atoms with E-state index in [1.165, 1.54) is 33.1 Å². The molecule has 0 saturated carbocycles. The van der Waals surface area contributed by atoms with Gasteiger partial charge in [-0.15, -0.1) is 0 Å². The molecule has 0 radical (unpaired) electrons. The van der Waals surface area contributed by atoms with Crippen molar-refractivity contribution in [3.05, 3.63) is 29.8 Å². The van der Waals surface area contributed by atoms with Crippen molar-refractivity contribution in [2.24, 2.45) is 0 Å². The molecule has 0 atom stereocenters. The molecule has 1 rings (SSSR count). The van der Waals surface area contributed by atoms with E-state index in [-0.39, 0.29) is 39.5 Å². The highest BCUT2D eigenvalue weighted by Crippen LogP contribution is 2.17. The number of rotatable bonds is 19. The smallest absolute Gasteiger partial charge is 0.315 e. The largest absolute Gasteiger partial charge is 0.490 e. The van der Waals surface area contributed by atoms with E-state index < -0.39 is 48.0 Å². The van der Waals surface area contributed by atoms with Gasteiger partial charge in [-0.1, -0.05) is 0 Å². The summed E-state index contributed by atoms with van der Waals surface area (Å²) in [6.07, 6.45) is -0.982. The van der Waals surface area contributed by atoms with Crippen LogP contribution in [0.5, 0.6) is 5.75 Å². The summed E-state index contributed by atoms with van der Waals surface area (Å²) in [6.45, 7) is 3.86. The molecular weight excluding hydrogens is 504 g/mol.